The molecule has 1 aromatic heterocycles. The molecule has 2 N–H and O–H groups in total. The van der Waals surface area contributed by atoms with Gasteiger partial charge < -0.3 is 15.2 Å². The lowest BCUT2D eigenvalue weighted by Gasteiger charge is -2.13. The molecule has 0 aliphatic carbocycles. The van der Waals surface area contributed by atoms with Gasteiger partial charge in [0, 0.05) is 26.3 Å². The number of nitrogens with one attached hydrogen (secondary N) is 1. The highest BCUT2D eigenvalue weighted by Crippen LogP contribution is 2.13. The van der Waals surface area contributed by atoms with E-state index in [4.69, 9.17) is 9.84 Å². The summed E-state index contributed by atoms with van der Waals surface area (Å²) in [6.07, 6.45) is 3.19. The number of carboxylic acids is 1. The maximum Gasteiger partial charge on any atom is 0.326 e. The van der Waals surface area contributed by atoms with Crippen molar-refractivity contribution in [1.29, 1.82) is 0 Å². The van der Waals surface area contributed by atoms with Crippen molar-refractivity contribution in [3.8, 4) is 5.69 Å². The molecule has 0 radical (unpaired) electrons. The largest absolute Gasteiger partial charge is 0.480 e. The van der Waals surface area contributed by atoms with Crippen LogP contribution in [0.4, 0.5) is 0 Å². The Morgan fingerprint density at radius 3 is 2.78 bits per heavy atom. The number of carbonyl (C=O) groups is 2. The lowest BCUT2D eigenvalue weighted by molar-refractivity contribution is -0.139. The Morgan fingerprint density at radius 2 is 2.13 bits per heavy atom. The number of ether oxygens (including phenoxy) is 1. The molecule has 1 amide bonds. The Balaban J connectivity index is 2.12. The van der Waals surface area contributed by atoms with Crippen LogP contribution in [0, 0.1) is 6.92 Å². The first-order valence-corrected chi connectivity index (χ1v) is 7.16. The summed E-state index contributed by atoms with van der Waals surface area (Å²) in [6, 6.07) is 6.65. The van der Waals surface area contributed by atoms with E-state index in [0.29, 0.717) is 5.56 Å². The van der Waals surface area contributed by atoms with Crippen LogP contribution < -0.4 is 5.32 Å². The molecule has 7 heteroatoms. The number of rotatable bonds is 7. The van der Waals surface area contributed by atoms with E-state index < -0.39 is 17.9 Å². The minimum atomic E-state index is -1.10. The first-order chi connectivity index (χ1) is 11.0. The number of benzene rings is 1. The van der Waals surface area contributed by atoms with E-state index in [0.717, 1.165) is 11.3 Å². The van der Waals surface area contributed by atoms with Crippen molar-refractivity contribution >= 4 is 11.9 Å². The van der Waals surface area contributed by atoms with E-state index in [1.807, 2.05) is 31.2 Å². The highest BCUT2D eigenvalue weighted by Gasteiger charge is 2.21. The Kier molecular flexibility index (Phi) is 5.48. The summed E-state index contributed by atoms with van der Waals surface area (Å²) in [6.45, 7) is 2.20. The molecule has 1 atom stereocenters. The fourth-order valence-corrected chi connectivity index (χ4v) is 2.13. The molecule has 1 aromatic carbocycles. The van der Waals surface area contributed by atoms with Crippen LogP contribution in [-0.4, -0.2) is 46.5 Å². The van der Waals surface area contributed by atoms with Crippen LogP contribution in [0.5, 0.6) is 0 Å². The van der Waals surface area contributed by atoms with E-state index >= 15 is 0 Å². The fourth-order valence-electron chi connectivity index (χ4n) is 2.13. The molecule has 7 nitrogen and oxygen atoms in total. The van der Waals surface area contributed by atoms with Gasteiger partial charge in [-0.2, -0.15) is 5.10 Å². The van der Waals surface area contributed by atoms with Crippen molar-refractivity contribution in [3.05, 3.63) is 47.8 Å². The molecule has 2 rings (SSSR count). The second-order valence-electron chi connectivity index (χ2n) is 5.11. The van der Waals surface area contributed by atoms with Crippen LogP contribution in [0.2, 0.25) is 0 Å². The number of carboxylic acid groups (broad SMARTS) is 1. The number of methoxy groups -OCH3 is 1. The van der Waals surface area contributed by atoms with E-state index in [-0.39, 0.29) is 13.0 Å². The number of hydrogen-bond donors (Lipinski definition) is 2. The van der Waals surface area contributed by atoms with Crippen molar-refractivity contribution < 1.29 is 19.4 Å². The van der Waals surface area contributed by atoms with Gasteiger partial charge in [-0.05, 0) is 18.6 Å². The van der Waals surface area contributed by atoms with Crippen LogP contribution in [0.15, 0.2) is 36.7 Å². The fraction of sp³-hybridized carbons (Fsp3) is 0.312. The molecule has 0 aliphatic heterocycles. The standard InChI is InChI=1S/C16H19N3O4/c1-11-5-3-4-6-14(11)19-10-12(9-17-19)15(20)18-13(16(21)22)7-8-23-2/h3-6,9-10,13H,7-8H2,1-2H3,(H,18,20)(H,21,22). The topological polar surface area (TPSA) is 93.5 Å². The van der Waals surface area contributed by atoms with Crippen molar-refractivity contribution in [2.45, 2.75) is 19.4 Å². The van der Waals surface area contributed by atoms with E-state index in [9.17, 15) is 9.59 Å². The summed E-state index contributed by atoms with van der Waals surface area (Å²) in [5.41, 5.74) is 2.18. The Morgan fingerprint density at radius 1 is 1.39 bits per heavy atom. The molecule has 0 bridgehead atoms. The lowest BCUT2D eigenvalue weighted by atomic mass is 10.2. The Bertz CT molecular complexity index is 696. The summed E-state index contributed by atoms with van der Waals surface area (Å²) >= 11 is 0. The van der Waals surface area contributed by atoms with Crippen molar-refractivity contribution in [3.63, 3.8) is 0 Å². The van der Waals surface area contributed by atoms with Gasteiger partial charge >= 0.3 is 5.97 Å². The average Bonchev–Trinajstić information content (AvgIpc) is 3.01. The number of hydrogen-bond acceptors (Lipinski definition) is 4. The third kappa shape index (κ3) is 4.17. The van der Waals surface area contributed by atoms with Crippen molar-refractivity contribution in [2.24, 2.45) is 0 Å². The van der Waals surface area contributed by atoms with Crippen LogP contribution in [0.1, 0.15) is 22.3 Å². The quantitative estimate of drug-likeness (QED) is 0.805. The molecule has 0 saturated carbocycles. The maximum atomic E-state index is 12.2. The van der Waals surface area contributed by atoms with Gasteiger partial charge in [0.1, 0.15) is 6.04 Å². The number of aryl methyl sites for hydroxylation is 1. The molecule has 1 heterocycles. The van der Waals surface area contributed by atoms with Gasteiger partial charge in [-0.25, -0.2) is 9.48 Å². The summed E-state index contributed by atoms with van der Waals surface area (Å²) in [5, 5.41) is 15.8. The number of para-hydroxylation sites is 1. The summed E-state index contributed by atoms with van der Waals surface area (Å²) in [7, 11) is 1.48. The highest BCUT2D eigenvalue weighted by atomic mass is 16.5. The van der Waals surface area contributed by atoms with E-state index in [1.165, 1.54) is 13.3 Å². The number of amides is 1. The molecule has 0 spiro atoms. The van der Waals surface area contributed by atoms with Crippen LogP contribution in [0.25, 0.3) is 5.69 Å². The van der Waals surface area contributed by atoms with Crippen LogP contribution in [0.3, 0.4) is 0 Å². The first kappa shape index (κ1) is 16.7. The van der Waals surface area contributed by atoms with E-state index in [1.54, 1.807) is 10.9 Å². The van der Waals surface area contributed by atoms with Gasteiger partial charge in [0.2, 0.25) is 0 Å². The van der Waals surface area contributed by atoms with Gasteiger partial charge in [-0.15, -0.1) is 0 Å². The summed E-state index contributed by atoms with van der Waals surface area (Å²) in [4.78, 5) is 23.3. The molecular formula is C16H19N3O4. The minimum Gasteiger partial charge on any atom is -0.480 e. The normalized spacial score (nSPS) is 11.9. The number of aromatic nitrogens is 2. The second kappa shape index (κ2) is 7.55. The summed E-state index contributed by atoms with van der Waals surface area (Å²) in [5.74, 6) is -1.57. The zero-order chi connectivity index (χ0) is 16.8. The Hall–Kier alpha value is -2.67. The monoisotopic (exact) mass is 317 g/mol. The zero-order valence-electron chi connectivity index (χ0n) is 13.0. The molecular weight excluding hydrogens is 298 g/mol. The van der Waals surface area contributed by atoms with Gasteiger partial charge in [-0.1, -0.05) is 18.2 Å². The molecule has 23 heavy (non-hydrogen) atoms. The molecule has 122 valence electrons. The number of nitrogens with zero attached hydrogens (tertiary/aromatic N) is 2. The third-order valence-corrected chi connectivity index (χ3v) is 3.42. The minimum absolute atomic E-state index is 0.198. The smallest absolute Gasteiger partial charge is 0.326 e. The third-order valence-electron chi connectivity index (χ3n) is 3.42. The zero-order valence-corrected chi connectivity index (χ0v) is 13.0. The predicted octanol–water partition coefficient (Wildman–Crippen LogP) is 1.40. The van der Waals surface area contributed by atoms with Crippen molar-refractivity contribution in [1.82, 2.24) is 15.1 Å². The second-order valence-corrected chi connectivity index (χ2v) is 5.11. The Labute approximate surface area is 133 Å². The molecule has 0 saturated heterocycles. The van der Waals surface area contributed by atoms with Gasteiger partial charge in [-0.3, -0.25) is 4.79 Å². The van der Waals surface area contributed by atoms with E-state index in [2.05, 4.69) is 10.4 Å². The molecule has 0 aliphatic rings. The molecule has 2 aromatic rings. The lowest BCUT2D eigenvalue weighted by Crippen LogP contribution is -2.41. The van der Waals surface area contributed by atoms with Gasteiger partial charge in [0.05, 0.1) is 17.4 Å². The average molecular weight is 317 g/mol. The highest BCUT2D eigenvalue weighted by molar-refractivity contribution is 5.96. The van der Waals surface area contributed by atoms with Crippen LogP contribution in [-0.2, 0) is 9.53 Å². The summed E-state index contributed by atoms with van der Waals surface area (Å²) < 4.78 is 6.45. The molecule has 0 fully saturated rings. The first-order valence-electron chi connectivity index (χ1n) is 7.16. The number of aliphatic carboxylic acids is 1. The maximum absolute atomic E-state index is 12.2. The molecule has 1 unspecified atom stereocenters. The van der Waals surface area contributed by atoms with Crippen LogP contribution >= 0.6 is 0 Å². The van der Waals surface area contributed by atoms with Crippen molar-refractivity contribution in [2.75, 3.05) is 13.7 Å². The van der Waals surface area contributed by atoms with Gasteiger partial charge in [0.15, 0.2) is 0 Å². The van der Waals surface area contributed by atoms with Gasteiger partial charge in [0.25, 0.3) is 5.91 Å². The SMILES string of the molecule is COCCC(NC(=O)c1cnn(-c2ccccc2C)c1)C(=O)O. The predicted molar refractivity (Wildman–Crippen MR) is 83.7 cm³/mol. The number of carbonyl (C=O) groups excluding carboxylic acids is 1.